The van der Waals surface area contributed by atoms with Crippen LogP contribution in [0.1, 0.15) is 35.7 Å². The summed E-state index contributed by atoms with van der Waals surface area (Å²) in [7, 11) is 1.86. The lowest BCUT2D eigenvalue weighted by atomic mass is 10.2. The highest BCUT2D eigenvalue weighted by Gasteiger charge is 2.19. The van der Waals surface area contributed by atoms with Crippen LogP contribution in [0.4, 0.5) is 11.5 Å². The Balaban J connectivity index is 1.58. The van der Waals surface area contributed by atoms with Gasteiger partial charge in [-0.15, -0.1) is 0 Å². The number of aryl methyl sites for hydroxylation is 1. The zero-order chi connectivity index (χ0) is 19.2. The quantitative estimate of drug-likeness (QED) is 0.783. The molecule has 27 heavy (non-hydrogen) atoms. The summed E-state index contributed by atoms with van der Waals surface area (Å²) >= 11 is 0. The van der Waals surface area contributed by atoms with E-state index in [-0.39, 0.29) is 5.91 Å². The van der Waals surface area contributed by atoms with Crippen LogP contribution in [0.25, 0.3) is 0 Å². The van der Waals surface area contributed by atoms with Crippen molar-refractivity contribution in [3.05, 3.63) is 53.7 Å². The van der Waals surface area contributed by atoms with Gasteiger partial charge in [-0.3, -0.25) is 4.79 Å². The van der Waals surface area contributed by atoms with Crippen LogP contribution in [0.5, 0.6) is 0 Å². The number of anilines is 2. The molecule has 0 unspecified atom stereocenters. The maximum absolute atomic E-state index is 12.4. The van der Waals surface area contributed by atoms with Crippen LogP contribution in [-0.4, -0.2) is 55.6 Å². The van der Waals surface area contributed by atoms with Gasteiger partial charge >= 0.3 is 0 Å². The van der Waals surface area contributed by atoms with E-state index < -0.39 is 0 Å². The highest BCUT2D eigenvalue weighted by Crippen LogP contribution is 2.20. The first-order valence-corrected chi connectivity index (χ1v) is 9.86. The molecule has 3 rings (SSSR count). The van der Waals surface area contributed by atoms with E-state index >= 15 is 0 Å². The summed E-state index contributed by atoms with van der Waals surface area (Å²) in [5, 5.41) is 0. The van der Waals surface area contributed by atoms with Gasteiger partial charge in [0, 0.05) is 51.7 Å². The second-order valence-corrected chi connectivity index (χ2v) is 7.30. The van der Waals surface area contributed by atoms with Crippen LogP contribution >= 0.6 is 0 Å². The first-order chi connectivity index (χ1) is 13.1. The third kappa shape index (κ3) is 4.79. The molecule has 1 fully saturated rings. The zero-order valence-corrected chi connectivity index (χ0v) is 16.7. The summed E-state index contributed by atoms with van der Waals surface area (Å²) in [6, 6.07) is 12.5. The number of carbonyl (C=O) groups is 1. The number of rotatable bonds is 6. The third-order valence-electron chi connectivity index (χ3n) is 5.16. The Bertz CT molecular complexity index is 751. The number of benzene rings is 1. The number of hydrogen-bond donors (Lipinski definition) is 0. The van der Waals surface area contributed by atoms with Gasteiger partial charge in [-0.1, -0.05) is 25.5 Å². The minimum atomic E-state index is 0.0479. The van der Waals surface area contributed by atoms with Crippen LogP contribution in [0.3, 0.4) is 0 Å². The van der Waals surface area contributed by atoms with E-state index in [1.165, 1.54) is 11.3 Å². The largest absolute Gasteiger partial charge is 0.368 e. The lowest BCUT2D eigenvalue weighted by Crippen LogP contribution is -2.46. The number of amides is 1. The van der Waals surface area contributed by atoms with Gasteiger partial charge in [0.1, 0.15) is 5.82 Å². The van der Waals surface area contributed by atoms with Crippen LogP contribution in [0, 0.1) is 6.92 Å². The van der Waals surface area contributed by atoms with Crippen LogP contribution in [0.2, 0.25) is 0 Å². The van der Waals surface area contributed by atoms with E-state index in [2.05, 4.69) is 52.9 Å². The molecule has 5 nitrogen and oxygen atoms in total. The number of unbranched alkanes of at least 4 members (excludes halogenated alkanes) is 1. The van der Waals surface area contributed by atoms with Crippen molar-refractivity contribution < 1.29 is 4.79 Å². The third-order valence-corrected chi connectivity index (χ3v) is 5.16. The first-order valence-electron chi connectivity index (χ1n) is 9.86. The Morgan fingerprint density at radius 3 is 2.48 bits per heavy atom. The summed E-state index contributed by atoms with van der Waals surface area (Å²) in [5.41, 5.74) is 3.25. The van der Waals surface area contributed by atoms with Crippen molar-refractivity contribution in [3.8, 4) is 0 Å². The fraction of sp³-hybridized carbons (Fsp3) is 0.455. The molecule has 5 heteroatoms. The molecule has 1 aliphatic rings. The van der Waals surface area contributed by atoms with Gasteiger partial charge in [0.25, 0.3) is 5.91 Å². The van der Waals surface area contributed by atoms with Gasteiger partial charge in [0.05, 0.1) is 5.56 Å². The maximum Gasteiger partial charge on any atom is 0.255 e. The van der Waals surface area contributed by atoms with Gasteiger partial charge in [-0.25, -0.2) is 4.98 Å². The molecule has 1 saturated heterocycles. The van der Waals surface area contributed by atoms with Crippen molar-refractivity contribution >= 4 is 17.4 Å². The second-order valence-electron chi connectivity index (χ2n) is 7.30. The smallest absolute Gasteiger partial charge is 0.255 e. The molecule has 0 spiro atoms. The van der Waals surface area contributed by atoms with E-state index in [9.17, 15) is 4.79 Å². The second kappa shape index (κ2) is 8.89. The fourth-order valence-electron chi connectivity index (χ4n) is 3.44. The van der Waals surface area contributed by atoms with E-state index in [4.69, 9.17) is 0 Å². The molecule has 1 aliphatic heterocycles. The van der Waals surface area contributed by atoms with Crippen molar-refractivity contribution in [2.75, 3.05) is 49.6 Å². The summed E-state index contributed by atoms with van der Waals surface area (Å²) in [4.78, 5) is 23.5. The average molecular weight is 367 g/mol. The predicted octanol–water partition coefficient (Wildman–Crippen LogP) is 3.59. The Hall–Kier alpha value is -2.56. The zero-order valence-electron chi connectivity index (χ0n) is 16.7. The summed E-state index contributed by atoms with van der Waals surface area (Å²) in [6.07, 6.45) is 3.83. The number of nitrogens with zero attached hydrogens (tertiary/aromatic N) is 4. The van der Waals surface area contributed by atoms with Gasteiger partial charge in [0.15, 0.2) is 0 Å². The highest BCUT2D eigenvalue weighted by molar-refractivity contribution is 5.93. The van der Waals surface area contributed by atoms with E-state index in [1.54, 1.807) is 11.1 Å². The monoisotopic (exact) mass is 366 g/mol. The average Bonchev–Trinajstić information content (AvgIpc) is 2.71. The maximum atomic E-state index is 12.4. The molecule has 1 amide bonds. The van der Waals surface area contributed by atoms with Crippen LogP contribution < -0.4 is 9.80 Å². The highest BCUT2D eigenvalue weighted by atomic mass is 16.2. The number of hydrogen-bond acceptors (Lipinski definition) is 4. The standard InChI is InChI=1S/C22H30N4O/c1-4-5-11-24(3)22(27)19-9-10-21(23-17-19)26-14-12-25(13-15-26)20-8-6-7-18(2)16-20/h6-10,16-17H,4-5,11-15H2,1-3H3. The van der Waals surface area contributed by atoms with Crippen molar-refractivity contribution in [3.63, 3.8) is 0 Å². The number of aromatic nitrogens is 1. The lowest BCUT2D eigenvalue weighted by Gasteiger charge is -2.36. The topological polar surface area (TPSA) is 39.7 Å². The number of carbonyl (C=O) groups excluding carboxylic acids is 1. The molecule has 2 heterocycles. The van der Waals surface area contributed by atoms with Crippen LogP contribution in [-0.2, 0) is 0 Å². The van der Waals surface area contributed by atoms with Crippen molar-refractivity contribution in [1.82, 2.24) is 9.88 Å². The molecule has 1 aromatic carbocycles. The van der Waals surface area contributed by atoms with Crippen LogP contribution in [0.15, 0.2) is 42.6 Å². The predicted molar refractivity (Wildman–Crippen MR) is 112 cm³/mol. The minimum absolute atomic E-state index is 0.0479. The summed E-state index contributed by atoms with van der Waals surface area (Å²) in [5.74, 6) is 0.999. The first kappa shape index (κ1) is 19.2. The Labute approximate surface area is 162 Å². The van der Waals surface area contributed by atoms with Crippen molar-refractivity contribution in [1.29, 1.82) is 0 Å². The SMILES string of the molecule is CCCCN(C)C(=O)c1ccc(N2CCN(c3cccc(C)c3)CC2)nc1. The van der Waals surface area contributed by atoms with Gasteiger partial charge in [0.2, 0.25) is 0 Å². The van der Waals surface area contributed by atoms with Gasteiger partial charge < -0.3 is 14.7 Å². The van der Waals surface area contributed by atoms with E-state index in [1.807, 2.05) is 19.2 Å². The fourth-order valence-corrected chi connectivity index (χ4v) is 3.44. The number of pyridine rings is 1. The minimum Gasteiger partial charge on any atom is -0.368 e. The molecule has 0 N–H and O–H groups in total. The molecule has 1 aromatic heterocycles. The van der Waals surface area contributed by atoms with E-state index in [0.29, 0.717) is 5.56 Å². The van der Waals surface area contributed by atoms with Gasteiger partial charge in [-0.2, -0.15) is 0 Å². The Morgan fingerprint density at radius 1 is 1.11 bits per heavy atom. The molecule has 0 radical (unpaired) electrons. The molecule has 0 saturated carbocycles. The summed E-state index contributed by atoms with van der Waals surface area (Å²) in [6.45, 7) is 8.88. The Kier molecular flexibility index (Phi) is 6.32. The Morgan fingerprint density at radius 2 is 1.85 bits per heavy atom. The molecule has 144 valence electrons. The molecule has 0 bridgehead atoms. The number of piperazine rings is 1. The van der Waals surface area contributed by atoms with E-state index in [0.717, 1.165) is 51.4 Å². The molecule has 0 atom stereocenters. The molecular weight excluding hydrogens is 336 g/mol. The molecule has 2 aromatic rings. The lowest BCUT2D eigenvalue weighted by molar-refractivity contribution is 0.0793. The normalized spacial score (nSPS) is 14.3. The van der Waals surface area contributed by atoms with Crippen molar-refractivity contribution in [2.45, 2.75) is 26.7 Å². The van der Waals surface area contributed by atoms with Gasteiger partial charge in [-0.05, 0) is 43.2 Å². The summed E-state index contributed by atoms with van der Waals surface area (Å²) < 4.78 is 0. The van der Waals surface area contributed by atoms with Crippen molar-refractivity contribution in [2.24, 2.45) is 0 Å². The molecule has 0 aliphatic carbocycles. The molecular formula is C22H30N4O.